The van der Waals surface area contributed by atoms with Crippen LogP contribution in [0.5, 0.6) is 0 Å². The molecule has 0 spiro atoms. The Morgan fingerprint density at radius 3 is 2.43 bits per heavy atom. The molecule has 0 aliphatic carbocycles. The predicted molar refractivity (Wildman–Crippen MR) is 92.7 cm³/mol. The number of carbonyl (C=O) groups is 1. The first-order valence-electron chi connectivity index (χ1n) is 8.14. The molecule has 3 rings (SSSR count). The van der Waals surface area contributed by atoms with E-state index in [9.17, 15) is 4.79 Å². The average Bonchev–Trinajstić information content (AvgIpc) is 2.84. The molecule has 23 heavy (non-hydrogen) atoms. The zero-order valence-corrected chi connectivity index (χ0v) is 14.4. The van der Waals surface area contributed by atoms with Gasteiger partial charge in [-0.3, -0.25) is 9.69 Å². The number of benzene rings is 1. The number of rotatable bonds is 4. The summed E-state index contributed by atoms with van der Waals surface area (Å²) in [5, 5.41) is 5.25. The van der Waals surface area contributed by atoms with Gasteiger partial charge >= 0.3 is 0 Å². The van der Waals surface area contributed by atoms with E-state index in [1.54, 1.807) is 0 Å². The molecule has 1 aromatic heterocycles. The van der Waals surface area contributed by atoms with Crippen LogP contribution in [0.4, 0.5) is 0 Å². The number of likely N-dealkylation sites (tertiary alicyclic amines) is 1. The van der Waals surface area contributed by atoms with E-state index in [4.69, 9.17) is 11.6 Å². The Morgan fingerprint density at radius 1 is 1.13 bits per heavy atom. The van der Waals surface area contributed by atoms with E-state index in [0.29, 0.717) is 11.6 Å². The highest BCUT2D eigenvalue weighted by atomic mass is 35.5. The second kappa shape index (κ2) is 6.85. The van der Waals surface area contributed by atoms with Crippen molar-refractivity contribution in [2.75, 3.05) is 19.6 Å². The fourth-order valence-corrected chi connectivity index (χ4v) is 3.41. The first-order valence-corrected chi connectivity index (χ1v) is 8.52. The standard InChI is InChI=1S/C18H22ClN3O/c1-13-18(17(23)12-21-10-4-3-5-11-21)14(2)22(20-13)16-8-6-15(19)7-9-16/h6-9H,3-5,10-12H2,1-2H3. The molecule has 0 atom stereocenters. The number of halogens is 1. The topological polar surface area (TPSA) is 38.1 Å². The lowest BCUT2D eigenvalue weighted by Crippen LogP contribution is -2.34. The van der Waals surface area contributed by atoms with Gasteiger partial charge in [0, 0.05) is 5.02 Å². The van der Waals surface area contributed by atoms with Gasteiger partial charge in [0.2, 0.25) is 0 Å². The van der Waals surface area contributed by atoms with Crippen LogP contribution in [0.2, 0.25) is 5.02 Å². The maximum Gasteiger partial charge on any atom is 0.180 e. The van der Waals surface area contributed by atoms with E-state index in [1.165, 1.54) is 19.3 Å². The smallest absolute Gasteiger partial charge is 0.180 e. The summed E-state index contributed by atoms with van der Waals surface area (Å²) in [7, 11) is 0. The van der Waals surface area contributed by atoms with Gasteiger partial charge in [-0.25, -0.2) is 4.68 Å². The van der Waals surface area contributed by atoms with Gasteiger partial charge in [0.05, 0.1) is 29.2 Å². The Kier molecular flexibility index (Phi) is 4.83. The monoisotopic (exact) mass is 331 g/mol. The number of hydrogen-bond acceptors (Lipinski definition) is 3. The van der Waals surface area contributed by atoms with Crippen molar-refractivity contribution in [2.24, 2.45) is 0 Å². The molecule has 0 saturated carbocycles. The van der Waals surface area contributed by atoms with Crippen molar-refractivity contribution in [2.45, 2.75) is 33.1 Å². The van der Waals surface area contributed by atoms with Crippen molar-refractivity contribution in [3.05, 3.63) is 46.2 Å². The quantitative estimate of drug-likeness (QED) is 0.799. The lowest BCUT2D eigenvalue weighted by molar-refractivity contribution is 0.0914. The minimum absolute atomic E-state index is 0.169. The summed E-state index contributed by atoms with van der Waals surface area (Å²) in [6.07, 6.45) is 3.65. The number of hydrogen-bond donors (Lipinski definition) is 0. The number of carbonyl (C=O) groups excluding carboxylic acids is 1. The second-order valence-electron chi connectivity index (χ2n) is 6.19. The molecule has 0 amide bonds. The molecule has 2 heterocycles. The highest BCUT2D eigenvalue weighted by Crippen LogP contribution is 2.21. The third-order valence-electron chi connectivity index (χ3n) is 4.46. The molecule has 2 aromatic rings. The lowest BCUT2D eigenvalue weighted by Gasteiger charge is -2.25. The summed E-state index contributed by atoms with van der Waals surface area (Å²) in [6.45, 7) is 6.40. The van der Waals surface area contributed by atoms with Crippen molar-refractivity contribution in [1.29, 1.82) is 0 Å². The molecule has 0 N–H and O–H groups in total. The van der Waals surface area contributed by atoms with E-state index < -0.39 is 0 Å². The lowest BCUT2D eigenvalue weighted by atomic mass is 10.1. The Balaban J connectivity index is 1.85. The Hall–Kier alpha value is -1.65. The molecule has 122 valence electrons. The predicted octanol–water partition coefficient (Wildman–Crippen LogP) is 3.81. The Morgan fingerprint density at radius 2 is 1.78 bits per heavy atom. The third kappa shape index (κ3) is 3.48. The van der Waals surface area contributed by atoms with Gasteiger partial charge in [-0.2, -0.15) is 5.10 Å². The number of Topliss-reactive ketones (excluding diaryl/α,β-unsaturated/α-hetero) is 1. The van der Waals surface area contributed by atoms with Crippen molar-refractivity contribution < 1.29 is 4.79 Å². The van der Waals surface area contributed by atoms with E-state index >= 15 is 0 Å². The molecule has 1 aromatic carbocycles. The molecule has 1 saturated heterocycles. The maximum atomic E-state index is 12.7. The van der Waals surface area contributed by atoms with Gasteiger partial charge in [-0.05, 0) is 64.0 Å². The van der Waals surface area contributed by atoms with E-state index in [1.807, 2.05) is 42.8 Å². The summed E-state index contributed by atoms with van der Waals surface area (Å²) in [5.74, 6) is 0.169. The number of nitrogens with zero attached hydrogens (tertiary/aromatic N) is 3. The molecule has 0 bridgehead atoms. The Labute approximate surface area is 142 Å². The number of piperidine rings is 1. The van der Waals surface area contributed by atoms with Gasteiger partial charge in [0.25, 0.3) is 0 Å². The van der Waals surface area contributed by atoms with Crippen molar-refractivity contribution in [3.63, 3.8) is 0 Å². The highest BCUT2D eigenvalue weighted by molar-refractivity contribution is 6.30. The van der Waals surface area contributed by atoms with E-state index in [0.717, 1.165) is 35.7 Å². The molecular formula is C18H22ClN3O. The molecule has 5 heteroatoms. The summed E-state index contributed by atoms with van der Waals surface area (Å²) in [4.78, 5) is 15.0. The SMILES string of the molecule is Cc1nn(-c2ccc(Cl)cc2)c(C)c1C(=O)CN1CCCCC1. The molecule has 1 aliphatic rings. The van der Waals surface area contributed by atoms with Crippen molar-refractivity contribution in [1.82, 2.24) is 14.7 Å². The van der Waals surface area contributed by atoms with Gasteiger partial charge in [0.1, 0.15) is 0 Å². The fourth-order valence-electron chi connectivity index (χ4n) is 3.28. The van der Waals surface area contributed by atoms with Gasteiger partial charge in [-0.1, -0.05) is 18.0 Å². The van der Waals surface area contributed by atoms with Crippen LogP contribution in [0.1, 0.15) is 41.0 Å². The summed E-state index contributed by atoms with van der Waals surface area (Å²) < 4.78 is 1.83. The van der Waals surface area contributed by atoms with Crippen LogP contribution < -0.4 is 0 Å². The third-order valence-corrected chi connectivity index (χ3v) is 4.71. The summed E-state index contributed by atoms with van der Waals surface area (Å²) in [6, 6.07) is 7.51. The zero-order chi connectivity index (χ0) is 16.4. The maximum absolute atomic E-state index is 12.7. The average molecular weight is 332 g/mol. The molecular weight excluding hydrogens is 310 g/mol. The summed E-state index contributed by atoms with van der Waals surface area (Å²) in [5.41, 5.74) is 3.36. The van der Waals surface area contributed by atoms with Gasteiger partial charge in [0.15, 0.2) is 5.78 Å². The molecule has 0 radical (unpaired) electrons. The van der Waals surface area contributed by atoms with Crippen LogP contribution in [0.3, 0.4) is 0 Å². The summed E-state index contributed by atoms with van der Waals surface area (Å²) >= 11 is 5.95. The molecule has 1 aliphatic heterocycles. The van der Waals surface area contributed by atoms with Crippen LogP contribution in [-0.4, -0.2) is 40.1 Å². The molecule has 0 unspecified atom stereocenters. The number of ketones is 1. The molecule has 1 fully saturated rings. The minimum atomic E-state index is 0.169. The number of aryl methyl sites for hydroxylation is 1. The first-order chi connectivity index (χ1) is 11.1. The Bertz CT molecular complexity index is 700. The second-order valence-corrected chi connectivity index (χ2v) is 6.63. The van der Waals surface area contributed by atoms with Crippen molar-refractivity contribution >= 4 is 17.4 Å². The van der Waals surface area contributed by atoms with Crippen LogP contribution >= 0.6 is 11.6 Å². The van der Waals surface area contributed by atoms with Crippen LogP contribution in [0.25, 0.3) is 5.69 Å². The van der Waals surface area contributed by atoms with Gasteiger partial charge < -0.3 is 0 Å². The van der Waals surface area contributed by atoms with Crippen molar-refractivity contribution in [3.8, 4) is 5.69 Å². The van der Waals surface area contributed by atoms with Crippen LogP contribution in [0, 0.1) is 13.8 Å². The van der Waals surface area contributed by atoms with E-state index in [-0.39, 0.29) is 5.78 Å². The largest absolute Gasteiger partial charge is 0.296 e. The normalized spacial score (nSPS) is 15.8. The molecule has 4 nitrogen and oxygen atoms in total. The first kappa shape index (κ1) is 16.2. The van der Waals surface area contributed by atoms with E-state index in [2.05, 4.69) is 10.00 Å². The van der Waals surface area contributed by atoms with Crippen LogP contribution in [0.15, 0.2) is 24.3 Å². The minimum Gasteiger partial charge on any atom is -0.296 e. The number of aromatic nitrogens is 2. The van der Waals surface area contributed by atoms with Crippen LogP contribution in [-0.2, 0) is 0 Å². The highest BCUT2D eigenvalue weighted by Gasteiger charge is 2.22. The zero-order valence-electron chi connectivity index (χ0n) is 13.7. The fraction of sp³-hybridized carbons (Fsp3) is 0.444. The van der Waals surface area contributed by atoms with Gasteiger partial charge in [-0.15, -0.1) is 0 Å².